The molecular formula is C22H25FN6O3. The number of aromatic nitrogens is 2. The van der Waals surface area contributed by atoms with Crippen molar-refractivity contribution in [2.75, 3.05) is 11.9 Å². The van der Waals surface area contributed by atoms with E-state index in [1.807, 2.05) is 0 Å². The summed E-state index contributed by atoms with van der Waals surface area (Å²) in [6.45, 7) is 2.38. The van der Waals surface area contributed by atoms with Gasteiger partial charge in [-0.05, 0) is 55.4 Å². The van der Waals surface area contributed by atoms with Crippen molar-refractivity contribution in [1.82, 2.24) is 14.7 Å². The highest BCUT2D eigenvalue weighted by Gasteiger charge is 2.48. The minimum absolute atomic E-state index is 0.0306. The first kappa shape index (κ1) is 21.6. The quantitative estimate of drug-likeness (QED) is 0.629. The number of hydrogen-bond donors (Lipinski definition) is 3. The summed E-state index contributed by atoms with van der Waals surface area (Å²) in [5.41, 5.74) is 6.21. The number of piperidine rings is 1. The number of amides is 2. The van der Waals surface area contributed by atoms with Gasteiger partial charge in [-0.3, -0.25) is 9.48 Å². The van der Waals surface area contributed by atoms with Crippen LogP contribution in [-0.2, 0) is 0 Å². The largest absolute Gasteiger partial charge is 0.465 e. The zero-order valence-corrected chi connectivity index (χ0v) is 17.7. The van der Waals surface area contributed by atoms with E-state index in [4.69, 9.17) is 5.73 Å². The van der Waals surface area contributed by atoms with Gasteiger partial charge < -0.3 is 21.1 Å². The van der Waals surface area contributed by atoms with E-state index in [1.54, 1.807) is 0 Å². The average Bonchev–Trinajstić information content (AvgIpc) is 3.32. The number of likely N-dealkylation sites (tertiary alicyclic amines) is 1. The molecule has 2 heterocycles. The van der Waals surface area contributed by atoms with Gasteiger partial charge in [0.15, 0.2) is 5.82 Å². The number of anilines is 2. The second-order valence-electron chi connectivity index (χ2n) is 8.94. The lowest BCUT2D eigenvalue weighted by molar-refractivity contribution is 0.0488. The lowest BCUT2D eigenvalue weighted by Crippen LogP contribution is -2.52. The minimum atomic E-state index is -1.03. The molecule has 2 amide bonds. The van der Waals surface area contributed by atoms with Crippen molar-refractivity contribution in [2.45, 2.75) is 44.7 Å². The summed E-state index contributed by atoms with van der Waals surface area (Å²) >= 11 is 0. The van der Waals surface area contributed by atoms with Crippen LogP contribution in [0, 0.1) is 28.5 Å². The molecule has 168 valence electrons. The van der Waals surface area contributed by atoms with Gasteiger partial charge in [0.05, 0.1) is 24.1 Å². The first-order valence-electron chi connectivity index (χ1n) is 10.5. The van der Waals surface area contributed by atoms with E-state index in [0.717, 1.165) is 12.8 Å². The summed E-state index contributed by atoms with van der Waals surface area (Å²) in [6, 6.07) is 6.82. The van der Waals surface area contributed by atoms with Gasteiger partial charge in [0, 0.05) is 18.4 Å². The number of carboxylic acid groups (broad SMARTS) is 1. The fourth-order valence-corrected chi connectivity index (χ4v) is 4.45. The molecule has 1 saturated carbocycles. The molecule has 2 aliphatic rings. The Kier molecular flexibility index (Phi) is 5.50. The Morgan fingerprint density at radius 2 is 2.06 bits per heavy atom. The number of nitrogens with one attached hydrogen (secondary N) is 1. The van der Waals surface area contributed by atoms with E-state index < -0.39 is 35.8 Å². The van der Waals surface area contributed by atoms with Crippen molar-refractivity contribution in [3.05, 3.63) is 41.8 Å². The molecule has 32 heavy (non-hydrogen) atoms. The molecule has 1 aliphatic carbocycles. The molecule has 10 heteroatoms. The number of hydrogen-bond acceptors (Lipinski definition) is 5. The molecule has 0 bridgehead atoms. The number of halogens is 1. The van der Waals surface area contributed by atoms with Crippen LogP contribution in [0.2, 0.25) is 0 Å². The second kappa shape index (κ2) is 8.15. The smallest absolute Gasteiger partial charge is 0.407 e. The Labute approximate surface area is 184 Å². The van der Waals surface area contributed by atoms with Gasteiger partial charge in [-0.25, -0.2) is 9.18 Å². The Balaban J connectivity index is 1.73. The fourth-order valence-electron chi connectivity index (χ4n) is 4.45. The molecule has 0 spiro atoms. The van der Waals surface area contributed by atoms with Crippen molar-refractivity contribution in [3.8, 4) is 6.07 Å². The maximum atomic E-state index is 13.2. The number of nitrogens with zero attached hydrogens (tertiary/aromatic N) is 4. The molecule has 1 saturated heterocycles. The number of rotatable bonds is 6. The third-order valence-electron chi connectivity index (χ3n) is 6.51. The number of nitrogens with two attached hydrogens (primary N) is 1. The Morgan fingerprint density at radius 1 is 1.38 bits per heavy atom. The third-order valence-corrected chi connectivity index (χ3v) is 6.51. The summed E-state index contributed by atoms with van der Waals surface area (Å²) in [5.74, 6) is -1.42. The maximum Gasteiger partial charge on any atom is 0.407 e. The van der Waals surface area contributed by atoms with Crippen LogP contribution in [-0.4, -0.2) is 44.4 Å². The molecule has 0 radical (unpaired) electrons. The molecule has 1 aromatic carbocycles. The SMILES string of the molecule is CC1(CC2[C@@H](n3cc(C(N)=O)c(Nc4ccc(F)cc4)n3)[C@H](C#N)CCN2C(=O)O)CC1. The van der Waals surface area contributed by atoms with Gasteiger partial charge in [-0.2, -0.15) is 10.4 Å². The Hall–Kier alpha value is -3.61. The van der Waals surface area contributed by atoms with Crippen LogP contribution in [0.15, 0.2) is 30.5 Å². The first-order valence-corrected chi connectivity index (χ1v) is 10.5. The molecule has 2 aromatic rings. The van der Waals surface area contributed by atoms with E-state index in [0.29, 0.717) is 18.5 Å². The highest BCUT2D eigenvalue weighted by molar-refractivity contribution is 5.98. The number of nitriles is 1. The summed E-state index contributed by atoms with van der Waals surface area (Å²) < 4.78 is 14.7. The zero-order chi connectivity index (χ0) is 23.0. The van der Waals surface area contributed by atoms with Crippen LogP contribution in [0.5, 0.6) is 0 Å². The van der Waals surface area contributed by atoms with Crippen molar-refractivity contribution in [2.24, 2.45) is 17.1 Å². The lowest BCUT2D eigenvalue weighted by atomic mass is 9.81. The summed E-state index contributed by atoms with van der Waals surface area (Å²) in [7, 11) is 0. The number of carbonyl (C=O) groups excluding carboxylic acids is 1. The first-order chi connectivity index (χ1) is 15.2. The van der Waals surface area contributed by atoms with Gasteiger partial charge in [0.1, 0.15) is 11.4 Å². The van der Waals surface area contributed by atoms with E-state index >= 15 is 0 Å². The van der Waals surface area contributed by atoms with Crippen molar-refractivity contribution in [3.63, 3.8) is 0 Å². The molecule has 1 unspecified atom stereocenters. The molecular weight excluding hydrogens is 415 g/mol. The Bertz CT molecular complexity index is 1070. The van der Waals surface area contributed by atoms with Gasteiger partial charge >= 0.3 is 6.09 Å². The van der Waals surface area contributed by atoms with Gasteiger partial charge in [0.25, 0.3) is 5.91 Å². The normalized spacial score (nSPS) is 23.9. The molecule has 4 rings (SSSR count). The lowest BCUT2D eigenvalue weighted by Gasteiger charge is -2.43. The summed E-state index contributed by atoms with van der Waals surface area (Å²) in [6.07, 6.45) is 3.42. The maximum absolute atomic E-state index is 13.2. The van der Waals surface area contributed by atoms with E-state index in [2.05, 4.69) is 23.4 Å². The van der Waals surface area contributed by atoms with Crippen molar-refractivity contribution < 1.29 is 19.1 Å². The van der Waals surface area contributed by atoms with Gasteiger partial charge in [0.2, 0.25) is 0 Å². The number of carbonyl (C=O) groups is 2. The van der Waals surface area contributed by atoms with Crippen LogP contribution < -0.4 is 11.1 Å². The number of benzene rings is 1. The predicted molar refractivity (Wildman–Crippen MR) is 114 cm³/mol. The van der Waals surface area contributed by atoms with E-state index in [9.17, 15) is 24.3 Å². The molecule has 1 aromatic heterocycles. The predicted octanol–water partition coefficient (Wildman–Crippen LogP) is 3.49. The van der Waals surface area contributed by atoms with Gasteiger partial charge in [-0.1, -0.05) is 6.92 Å². The Morgan fingerprint density at radius 3 is 2.62 bits per heavy atom. The van der Waals surface area contributed by atoms with Crippen LogP contribution in [0.25, 0.3) is 0 Å². The van der Waals surface area contributed by atoms with Crippen LogP contribution >= 0.6 is 0 Å². The molecule has 4 N–H and O–H groups in total. The third kappa shape index (κ3) is 4.23. The summed E-state index contributed by atoms with van der Waals surface area (Å²) in [4.78, 5) is 25.5. The topological polar surface area (TPSA) is 137 Å². The minimum Gasteiger partial charge on any atom is -0.465 e. The van der Waals surface area contributed by atoms with Crippen LogP contribution in [0.3, 0.4) is 0 Å². The highest BCUT2D eigenvalue weighted by atomic mass is 19.1. The standard InChI is InChI=1S/C22H25FN6O3/c1-22(7-8-22)10-17-18(13(11-24)6-9-28(17)21(31)32)29-12-16(19(25)30)20(27-29)26-15-4-2-14(23)3-5-15/h2-5,12-13,17-18H,6-10H2,1H3,(H2,25,30)(H,26,27)(H,31,32)/t13-,17?,18-/m0/s1. The monoisotopic (exact) mass is 440 g/mol. The fraction of sp³-hybridized carbons (Fsp3) is 0.455. The molecule has 1 aliphatic heterocycles. The molecule has 3 atom stereocenters. The van der Waals surface area contributed by atoms with E-state index in [1.165, 1.54) is 40.0 Å². The zero-order valence-electron chi connectivity index (χ0n) is 17.7. The molecule has 2 fully saturated rings. The second-order valence-corrected chi connectivity index (χ2v) is 8.94. The van der Waals surface area contributed by atoms with E-state index in [-0.39, 0.29) is 23.3 Å². The van der Waals surface area contributed by atoms with Gasteiger partial charge in [-0.15, -0.1) is 0 Å². The average molecular weight is 440 g/mol. The van der Waals surface area contributed by atoms with Crippen LogP contribution in [0.1, 0.15) is 49.0 Å². The highest BCUT2D eigenvalue weighted by Crippen LogP contribution is 2.52. The van der Waals surface area contributed by atoms with Crippen LogP contribution in [0.4, 0.5) is 20.7 Å². The van der Waals surface area contributed by atoms with Crippen molar-refractivity contribution >= 4 is 23.5 Å². The summed E-state index contributed by atoms with van der Waals surface area (Å²) in [5, 5.41) is 27.1. The molecule has 9 nitrogen and oxygen atoms in total. The van der Waals surface area contributed by atoms with Crippen molar-refractivity contribution in [1.29, 1.82) is 5.26 Å². The number of primary amides is 1.